The summed E-state index contributed by atoms with van der Waals surface area (Å²) in [7, 11) is 1.66. The van der Waals surface area contributed by atoms with E-state index in [1.54, 1.807) is 19.2 Å². The molecule has 22 heavy (non-hydrogen) atoms. The fourth-order valence-electron chi connectivity index (χ4n) is 1.96. The number of nitrogens with zero attached hydrogens (tertiary/aromatic N) is 1. The quantitative estimate of drug-likeness (QED) is 0.845. The Bertz CT molecular complexity index is 626. The monoisotopic (exact) mass is 305 g/mol. The number of likely N-dealkylation sites (N-methyl/N-ethyl adjacent to an activating group) is 1. The Hall–Kier alpha value is -2.43. The summed E-state index contributed by atoms with van der Waals surface area (Å²) in [6, 6.07) is 11.3. The second-order valence-corrected chi connectivity index (χ2v) is 4.97. The van der Waals surface area contributed by atoms with Crippen molar-refractivity contribution in [3.63, 3.8) is 0 Å². The molecule has 0 saturated carbocycles. The van der Waals surface area contributed by atoms with Crippen molar-refractivity contribution >= 4 is 5.91 Å². The fourth-order valence-corrected chi connectivity index (χ4v) is 1.96. The van der Waals surface area contributed by atoms with Gasteiger partial charge in [-0.25, -0.2) is 8.78 Å². The summed E-state index contributed by atoms with van der Waals surface area (Å²) in [5.41, 5.74) is 0.832. The van der Waals surface area contributed by atoms with Gasteiger partial charge in [-0.15, -0.1) is 0 Å². The molecule has 1 unspecified atom stereocenters. The Morgan fingerprint density at radius 2 is 1.55 bits per heavy atom. The lowest BCUT2D eigenvalue weighted by Gasteiger charge is -2.25. The maximum atomic E-state index is 12.9. The molecule has 0 bridgehead atoms. The van der Waals surface area contributed by atoms with Gasteiger partial charge in [0.2, 0.25) is 0 Å². The number of halogens is 2. The SMILES string of the molecule is CC(c1ccc(F)cc1)N(C)C(=O)COc1ccc(F)cc1. The van der Waals surface area contributed by atoms with Crippen LogP contribution in [0.2, 0.25) is 0 Å². The minimum Gasteiger partial charge on any atom is -0.484 e. The first-order chi connectivity index (χ1) is 10.5. The van der Waals surface area contributed by atoms with Gasteiger partial charge in [0.15, 0.2) is 6.61 Å². The first-order valence-corrected chi connectivity index (χ1v) is 6.87. The first-order valence-electron chi connectivity index (χ1n) is 6.87. The number of benzene rings is 2. The van der Waals surface area contributed by atoms with Crippen molar-refractivity contribution < 1.29 is 18.3 Å². The summed E-state index contributed by atoms with van der Waals surface area (Å²) >= 11 is 0. The van der Waals surface area contributed by atoms with E-state index in [0.29, 0.717) is 5.75 Å². The molecule has 2 aromatic rings. The highest BCUT2D eigenvalue weighted by Crippen LogP contribution is 2.19. The van der Waals surface area contributed by atoms with Crippen LogP contribution in [0.5, 0.6) is 5.75 Å². The zero-order valence-electron chi connectivity index (χ0n) is 12.4. The van der Waals surface area contributed by atoms with Crippen molar-refractivity contribution in [3.8, 4) is 5.75 Å². The summed E-state index contributed by atoms with van der Waals surface area (Å²) in [4.78, 5) is 13.6. The molecule has 2 rings (SSSR count). The van der Waals surface area contributed by atoms with Gasteiger partial charge in [-0.1, -0.05) is 12.1 Å². The number of hydrogen-bond donors (Lipinski definition) is 0. The Morgan fingerprint density at radius 3 is 2.09 bits per heavy atom. The Morgan fingerprint density at radius 1 is 1.05 bits per heavy atom. The second kappa shape index (κ2) is 7.02. The topological polar surface area (TPSA) is 29.5 Å². The maximum absolute atomic E-state index is 12.9. The summed E-state index contributed by atoms with van der Waals surface area (Å²) in [6.07, 6.45) is 0. The molecule has 0 aliphatic heterocycles. The van der Waals surface area contributed by atoms with E-state index in [-0.39, 0.29) is 30.2 Å². The molecule has 0 radical (unpaired) electrons. The largest absolute Gasteiger partial charge is 0.484 e. The lowest BCUT2D eigenvalue weighted by atomic mass is 10.1. The molecule has 1 amide bonds. The zero-order chi connectivity index (χ0) is 16.1. The Labute approximate surface area is 128 Å². The maximum Gasteiger partial charge on any atom is 0.260 e. The van der Waals surface area contributed by atoms with Gasteiger partial charge in [0, 0.05) is 7.05 Å². The molecule has 116 valence electrons. The van der Waals surface area contributed by atoms with Gasteiger partial charge < -0.3 is 9.64 Å². The van der Waals surface area contributed by atoms with Crippen LogP contribution in [-0.4, -0.2) is 24.5 Å². The van der Waals surface area contributed by atoms with Crippen molar-refractivity contribution in [2.45, 2.75) is 13.0 Å². The zero-order valence-corrected chi connectivity index (χ0v) is 12.4. The Kier molecular flexibility index (Phi) is 5.09. The third kappa shape index (κ3) is 4.04. The molecule has 0 aromatic heterocycles. The van der Waals surface area contributed by atoms with E-state index in [1.807, 2.05) is 6.92 Å². The third-order valence-corrected chi connectivity index (χ3v) is 3.50. The molecule has 0 saturated heterocycles. The molecule has 0 heterocycles. The smallest absolute Gasteiger partial charge is 0.260 e. The average molecular weight is 305 g/mol. The standard InChI is InChI=1S/C17H17F2NO2/c1-12(13-3-5-14(18)6-4-13)20(2)17(21)11-22-16-9-7-15(19)8-10-16/h3-10,12H,11H2,1-2H3. The van der Waals surface area contributed by atoms with Crippen molar-refractivity contribution in [1.82, 2.24) is 4.90 Å². The van der Waals surface area contributed by atoms with Crippen molar-refractivity contribution in [3.05, 3.63) is 65.7 Å². The summed E-state index contributed by atoms with van der Waals surface area (Å²) in [5, 5.41) is 0. The molecular weight excluding hydrogens is 288 g/mol. The highest BCUT2D eigenvalue weighted by Gasteiger charge is 2.17. The molecule has 0 spiro atoms. The number of amides is 1. The van der Waals surface area contributed by atoms with Gasteiger partial charge in [0.25, 0.3) is 5.91 Å². The lowest BCUT2D eigenvalue weighted by molar-refractivity contribution is -0.134. The van der Waals surface area contributed by atoms with Crippen LogP contribution in [-0.2, 0) is 4.79 Å². The summed E-state index contributed by atoms with van der Waals surface area (Å²) in [6.45, 7) is 1.71. The van der Waals surface area contributed by atoms with E-state index in [1.165, 1.54) is 41.3 Å². The lowest BCUT2D eigenvalue weighted by Crippen LogP contribution is -2.33. The van der Waals surface area contributed by atoms with Gasteiger partial charge >= 0.3 is 0 Å². The molecule has 1 atom stereocenters. The van der Waals surface area contributed by atoms with Crippen LogP contribution in [0, 0.1) is 11.6 Å². The van der Waals surface area contributed by atoms with Crippen LogP contribution < -0.4 is 4.74 Å². The molecule has 5 heteroatoms. The minimum atomic E-state index is -0.360. The first kappa shape index (κ1) is 15.9. The van der Waals surface area contributed by atoms with Gasteiger partial charge in [-0.3, -0.25) is 4.79 Å². The molecule has 0 N–H and O–H groups in total. The van der Waals surface area contributed by atoms with Crippen molar-refractivity contribution in [1.29, 1.82) is 0 Å². The highest BCUT2D eigenvalue weighted by atomic mass is 19.1. The van der Waals surface area contributed by atoms with Crippen LogP contribution >= 0.6 is 0 Å². The average Bonchev–Trinajstić information content (AvgIpc) is 2.53. The molecule has 0 fully saturated rings. The molecule has 0 aliphatic rings. The van der Waals surface area contributed by atoms with Crippen LogP contribution in [0.3, 0.4) is 0 Å². The fraction of sp³-hybridized carbons (Fsp3) is 0.235. The van der Waals surface area contributed by atoms with Gasteiger partial charge in [0.05, 0.1) is 6.04 Å². The van der Waals surface area contributed by atoms with E-state index in [9.17, 15) is 13.6 Å². The minimum absolute atomic E-state index is 0.145. The molecule has 2 aromatic carbocycles. The Balaban J connectivity index is 1.93. The number of carbonyl (C=O) groups excluding carboxylic acids is 1. The van der Waals surface area contributed by atoms with Crippen molar-refractivity contribution in [2.24, 2.45) is 0 Å². The van der Waals surface area contributed by atoms with E-state index < -0.39 is 0 Å². The summed E-state index contributed by atoms with van der Waals surface area (Å²) in [5.74, 6) is -0.468. The van der Waals surface area contributed by atoms with Crippen molar-refractivity contribution in [2.75, 3.05) is 13.7 Å². The molecule has 0 aliphatic carbocycles. The van der Waals surface area contributed by atoms with Crippen LogP contribution in [0.1, 0.15) is 18.5 Å². The van der Waals surface area contributed by atoms with E-state index in [2.05, 4.69) is 0 Å². The third-order valence-electron chi connectivity index (χ3n) is 3.50. The number of carbonyl (C=O) groups is 1. The number of ether oxygens (including phenoxy) is 1. The van der Waals surface area contributed by atoms with Crippen LogP contribution in [0.15, 0.2) is 48.5 Å². The normalized spacial score (nSPS) is 11.8. The van der Waals surface area contributed by atoms with E-state index >= 15 is 0 Å². The highest BCUT2D eigenvalue weighted by molar-refractivity contribution is 5.78. The van der Waals surface area contributed by atoms with Gasteiger partial charge in [-0.05, 0) is 48.9 Å². The van der Waals surface area contributed by atoms with Gasteiger partial charge in [-0.2, -0.15) is 0 Å². The van der Waals surface area contributed by atoms with E-state index in [4.69, 9.17) is 4.74 Å². The molecular formula is C17H17F2NO2. The number of hydrogen-bond acceptors (Lipinski definition) is 2. The van der Waals surface area contributed by atoms with Crippen LogP contribution in [0.25, 0.3) is 0 Å². The van der Waals surface area contributed by atoms with Gasteiger partial charge in [0.1, 0.15) is 17.4 Å². The predicted octanol–water partition coefficient (Wildman–Crippen LogP) is 3.56. The summed E-state index contributed by atoms with van der Waals surface area (Å²) < 4.78 is 31.0. The predicted molar refractivity (Wildman–Crippen MR) is 79.5 cm³/mol. The second-order valence-electron chi connectivity index (χ2n) is 4.97. The number of rotatable bonds is 5. The van der Waals surface area contributed by atoms with E-state index in [0.717, 1.165) is 5.56 Å². The molecule has 3 nitrogen and oxygen atoms in total. The van der Waals surface area contributed by atoms with Crippen LogP contribution in [0.4, 0.5) is 8.78 Å².